The molecule has 7 heteroatoms. The zero-order valence-corrected chi connectivity index (χ0v) is 14.3. The Balaban J connectivity index is 1.34. The fourth-order valence-electron chi connectivity index (χ4n) is 5.51. The summed E-state index contributed by atoms with van der Waals surface area (Å²) in [7, 11) is 0. The van der Waals surface area contributed by atoms with Crippen molar-refractivity contribution in [1.82, 2.24) is 10.2 Å². The first kappa shape index (κ1) is 14.7. The number of carbonyl (C=O) groups excluding carboxylic acids is 1. The Morgan fingerprint density at radius 2 is 1.83 bits per heavy atom. The Bertz CT molecular complexity index is 664. The summed E-state index contributed by atoms with van der Waals surface area (Å²) in [5.41, 5.74) is 0.221. The van der Waals surface area contributed by atoms with Gasteiger partial charge in [-0.1, -0.05) is 11.3 Å². The van der Waals surface area contributed by atoms with Crippen LogP contribution in [-0.4, -0.2) is 29.3 Å². The molecule has 5 aliphatic rings. The molecule has 0 spiro atoms. The molecule has 4 bridgehead atoms. The van der Waals surface area contributed by atoms with Crippen LogP contribution in [0.4, 0.5) is 5.13 Å². The molecule has 1 aliphatic heterocycles. The molecule has 2 heterocycles. The van der Waals surface area contributed by atoms with Crippen LogP contribution in [0.15, 0.2) is 12.0 Å². The number of amides is 1. The lowest BCUT2D eigenvalue weighted by molar-refractivity contribution is -0.117. The molecule has 6 nitrogen and oxygen atoms in total. The zero-order valence-electron chi connectivity index (χ0n) is 13.5. The second kappa shape index (κ2) is 5.44. The molecule has 24 heavy (non-hydrogen) atoms. The summed E-state index contributed by atoms with van der Waals surface area (Å²) in [5.74, 6) is 2.50. The van der Waals surface area contributed by atoms with Gasteiger partial charge >= 0.3 is 0 Å². The molecule has 0 unspecified atom stereocenters. The summed E-state index contributed by atoms with van der Waals surface area (Å²) in [6.07, 6.45) is 9.35. The van der Waals surface area contributed by atoms with Crippen LogP contribution in [-0.2, 0) is 19.7 Å². The highest BCUT2D eigenvalue weighted by atomic mass is 32.1. The maximum Gasteiger partial charge on any atom is 0.295 e. The van der Waals surface area contributed by atoms with Crippen LogP contribution < -0.4 is 5.32 Å². The molecule has 1 aromatic heterocycles. The van der Waals surface area contributed by atoms with Gasteiger partial charge in [-0.3, -0.25) is 10.1 Å². The van der Waals surface area contributed by atoms with Gasteiger partial charge in [-0.05, 0) is 56.3 Å². The van der Waals surface area contributed by atoms with Gasteiger partial charge in [0.15, 0.2) is 0 Å². The molecule has 6 rings (SSSR count). The van der Waals surface area contributed by atoms with Gasteiger partial charge in [-0.2, -0.15) is 0 Å². The average Bonchev–Trinajstić information content (AvgIpc) is 3.04. The number of hydrogen-bond acceptors (Lipinski definition) is 6. The van der Waals surface area contributed by atoms with Crippen LogP contribution in [0.5, 0.6) is 0 Å². The lowest BCUT2D eigenvalue weighted by Gasteiger charge is -2.55. The second-order valence-electron chi connectivity index (χ2n) is 7.77. The van der Waals surface area contributed by atoms with Gasteiger partial charge in [0.1, 0.15) is 24.5 Å². The SMILES string of the molecule is O=C(Nc1nnc(C23CC4CC(CC(C4)C2)C3)s1)C1=COCCO1. The number of carbonyl (C=O) groups is 1. The van der Waals surface area contributed by atoms with Crippen molar-refractivity contribution in [2.24, 2.45) is 17.8 Å². The molecular formula is C17H21N3O3S. The first-order valence-electron chi connectivity index (χ1n) is 8.80. The first-order chi connectivity index (χ1) is 11.7. The van der Waals surface area contributed by atoms with Gasteiger partial charge in [-0.25, -0.2) is 0 Å². The van der Waals surface area contributed by atoms with E-state index in [1.165, 1.54) is 56.1 Å². The van der Waals surface area contributed by atoms with Crippen LogP contribution in [0.3, 0.4) is 0 Å². The third-order valence-electron chi connectivity index (χ3n) is 6.01. The highest BCUT2D eigenvalue weighted by Gasteiger charge is 2.53. The molecule has 0 atom stereocenters. The number of nitrogens with one attached hydrogen (secondary N) is 1. The van der Waals surface area contributed by atoms with E-state index in [4.69, 9.17) is 9.47 Å². The molecule has 1 N–H and O–H groups in total. The Morgan fingerprint density at radius 1 is 1.12 bits per heavy atom. The monoisotopic (exact) mass is 347 g/mol. The summed E-state index contributed by atoms with van der Waals surface area (Å²) in [4.78, 5) is 12.2. The number of rotatable bonds is 3. The van der Waals surface area contributed by atoms with Gasteiger partial charge in [0.25, 0.3) is 5.91 Å². The molecule has 0 radical (unpaired) electrons. The van der Waals surface area contributed by atoms with Gasteiger partial charge in [-0.15, -0.1) is 10.2 Å². The van der Waals surface area contributed by atoms with Gasteiger partial charge in [0, 0.05) is 5.41 Å². The molecular weight excluding hydrogens is 326 g/mol. The highest BCUT2D eigenvalue weighted by Crippen LogP contribution is 2.61. The Kier molecular flexibility index (Phi) is 3.33. The van der Waals surface area contributed by atoms with Crippen LogP contribution in [0, 0.1) is 17.8 Å². The third kappa shape index (κ3) is 2.41. The number of anilines is 1. The summed E-state index contributed by atoms with van der Waals surface area (Å²) in [5, 5.41) is 13.2. The third-order valence-corrected chi connectivity index (χ3v) is 7.10. The Labute approximate surface area is 144 Å². The topological polar surface area (TPSA) is 73.3 Å². The largest absolute Gasteiger partial charge is 0.494 e. The highest BCUT2D eigenvalue weighted by molar-refractivity contribution is 7.15. The van der Waals surface area contributed by atoms with Crippen LogP contribution in [0.2, 0.25) is 0 Å². The standard InChI is InChI=1S/C17H21N3O3S/c21-14(13-9-22-1-2-23-13)18-16-20-19-15(24-16)17-6-10-3-11(7-17)5-12(4-10)8-17/h9-12H,1-8H2,(H,18,20,21). The van der Waals surface area contributed by atoms with E-state index in [0.29, 0.717) is 18.3 Å². The molecule has 4 saturated carbocycles. The second-order valence-corrected chi connectivity index (χ2v) is 8.74. The fraction of sp³-hybridized carbons (Fsp3) is 0.706. The predicted molar refractivity (Wildman–Crippen MR) is 88.4 cm³/mol. The van der Waals surface area contributed by atoms with Crippen molar-refractivity contribution < 1.29 is 14.3 Å². The van der Waals surface area contributed by atoms with Crippen molar-refractivity contribution in [3.8, 4) is 0 Å². The van der Waals surface area contributed by atoms with E-state index < -0.39 is 0 Å². The Hall–Kier alpha value is -1.63. The van der Waals surface area contributed by atoms with E-state index in [1.54, 1.807) is 0 Å². The fourth-order valence-corrected chi connectivity index (χ4v) is 6.46. The van der Waals surface area contributed by atoms with E-state index in [9.17, 15) is 4.79 Å². The smallest absolute Gasteiger partial charge is 0.295 e. The maximum atomic E-state index is 12.2. The summed E-state index contributed by atoms with van der Waals surface area (Å²) in [6.45, 7) is 0.875. The van der Waals surface area contributed by atoms with Crippen molar-refractivity contribution in [3.63, 3.8) is 0 Å². The Morgan fingerprint density at radius 3 is 2.46 bits per heavy atom. The number of ether oxygens (including phenoxy) is 2. The molecule has 1 amide bonds. The van der Waals surface area contributed by atoms with E-state index in [0.717, 1.165) is 22.8 Å². The zero-order chi connectivity index (χ0) is 16.1. The van der Waals surface area contributed by atoms with Crippen LogP contribution >= 0.6 is 11.3 Å². The molecule has 1 aromatic rings. The summed E-state index contributed by atoms with van der Waals surface area (Å²) >= 11 is 1.54. The van der Waals surface area contributed by atoms with Crippen molar-refractivity contribution in [1.29, 1.82) is 0 Å². The van der Waals surface area contributed by atoms with E-state index in [1.807, 2.05) is 0 Å². The molecule has 0 aromatic carbocycles. The number of aromatic nitrogens is 2. The molecule has 128 valence electrons. The normalized spacial score (nSPS) is 36.7. The van der Waals surface area contributed by atoms with Gasteiger partial charge < -0.3 is 9.47 Å². The van der Waals surface area contributed by atoms with Crippen molar-refractivity contribution >= 4 is 22.4 Å². The lowest BCUT2D eigenvalue weighted by Crippen LogP contribution is -2.48. The number of hydrogen-bond donors (Lipinski definition) is 1. The minimum atomic E-state index is -0.317. The van der Waals surface area contributed by atoms with E-state index >= 15 is 0 Å². The van der Waals surface area contributed by atoms with Crippen LogP contribution in [0.25, 0.3) is 0 Å². The van der Waals surface area contributed by atoms with E-state index in [2.05, 4.69) is 15.5 Å². The van der Waals surface area contributed by atoms with Crippen molar-refractivity contribution in [2.45, 2.75) is 43.9 Å². The lowest BCUT2D eigenvalue weighted by atomic mass is 9.50. The van der Waals surface area contributed by atoms with Gasteiger partial charge in [0.05, 0.1) is 0 Å². The van der Waals surface area contributed by atoms with Crippen LogP contribution in [0.1, 0.15) is 43.5 Å². The quantitative estimate of drug-likeness (QED) is 0.910. The minimum absolute atomic E-state index is 0.202. The van der Waals surface area contributed by atoms with Gasteiger partial charge in [0.2, 0.25) is 10.9 Å². The summed E-state index contributed by atoms with van der Waals surface area (Å²) < 4.78 is 10.4. The van der Waals surface area contributed by atoms with Crippen molar-refractivity contribution in [2.75, 3.05) is 18.5 Å². The average molecular weight is 347 g/mol. The van der Waals surface area contributed by atoms with Crippen molar-refractivity contribution in [3.05, 3.63) is 17.0 Å². The molecule has 4 fully saturated rings. The summed E-state index contributed by atoms with van der Waals surface area (Å²) in [6, 6.07) is 0. The molecule has 4 aliphatic carbocycles. The first-order valence-corrected chi connectivity index (χ1v) is 9.62. The predicted octanol–water partition coefficient (Wildman–Crippen LogP) is 2.83. The molecule has 0 saturated heterocycles. The maximum absolute atomic E-state index is 12.2. The minimum Gasteiger partial charge on any atom is -0.494 e. The number of nitrogens with zero attached hydrogens (tertiary/aromatic N) is 2. The van der Waals surface area contributed by atoms with E-state index in [-0.39, 0.29) is 17.1 Å².